The Morgan fingerprint density at radius 1 is 1.50 bits per heavy atom. The van der Waals surface area contributed by atoms with Gasteiger partial charge in [-0.2, -0.15) is 0 Å². The molecule has 16 heavy (non-hydrogen) atoms. The molecule has 0 unspecified atom stereocenters. The minimum atomic E-state index is -0.157. The van der Waals surface area contributed by atoms with Crippen LogP contribution < -0.4 is 5.32 Å². The predicted octanol–water partition coefficient (Wildman–Crippen LogP) is 1.82. The van der Waals surface area contributed by atoms with Gasteiger partial charge in [-0.3, -0.25) is 4.79 Å². The van der Waals surface area contributed by atoms with Gasteiger partial charge in [-0.15, -0.1) is 0 Å². The maximum absolute atomic E-state index is 11.6. The summed E-state index contributed by atoms with van der Waals surface area (Å²) in [4.78, 5) is 11.6. The second-order valence-corrected chi connectivity index (χ2v) is 4.39. The third-order valence-corrected chi connectivity index (χ3v) is 3.23. The second kappa shape index (κ2) is 4.85. The molecule has 1 aromatic rings. The number of carbonyl (C=O) groups is 1. The van der Waals surface area contributed by atoms with Crippen molar-refractivity contribution in [2.24, 2.45) is 5.92 Å². The van der Waals surface area contributed by atoms with Gasteiger partial charge in [-0.05, 0) is 17.7 Å². The molecule has 0 aliphatic carbocycles. The molecule has 1 aromatic carbocycles. The maximum Gasteiger partial charge on any atom is 0.310 e. The van der Waals surface area contributed by atoms with Crippen molar-refractivity contribution in [2.75, 3.05) is 20.2 Å². The normalized spacial score (nSPS) is 24.4. The van der Waals surface area contributed by atoms with Crippen molar-refractivity contribution >= 4 is 17.6 Å². The molecular formula is C12H14ClNO2. The summed E-state index contributed by atoms with van der Waals surface area (Å²) in [6, 6.07) is 7.65. The Morgan fingerprint density at radius 3 is 3.00 bits per heavy atom. The monoisotopic (exact) mass is 239 g/mol. The SMILES string of the molecule is COC(=O)[C@H]1CNC[C@H]1c1cccc(Cl)c1. The third kappa shape index (κ3) is 2.20. The molecule has 3 nitrogen and oxygen atoms in total. The Bertz CT molecular complexity index is 394. The zero-order valence-electron chi connectivity index (χ0n) is 9.07. The fourth-order valence-corrected chi connectivity index (χ4v) is 2.36. The van der Waals surface area contributed by atoms with Crippen LogP contribution in [-0.2, 0) is 9.53 Å². The van der Waals surface area contributed by atoms with Crippen LogP contribution in [0.1, 0.15) is 11.5 Å². The van der Waals surface area contributed by atoms with E-state index in [1.165, 1.54) is 7.11 Å². The molecule has 1 fully saturated rings. The van der Waals surface area contributed by atoms with Gasteiger partial charge in [-0.1, -0.05) is 23.7 Å². The van der Waals surface area contributed by atoms with Gasteiger partial charge in [-0.25, -0.2) is 0 Å². The van der Waals surface area contributed by atoms with Crippen molar-refractivity contribution in [3.8, 4) is 0 Å². The summed E-state index contributed by atoms with van der Waals surface area (Å²) < 4.78 is 4.80. The molecule has 0 aromatic heterocycles. The lowest BCUT2D eigenvalue weighted by Gasteiger charge is -2.16. The highest BCUT2D eigenvalue weighted by Gasteiger charge is 2.34. The average Bonchev–Trinajstić information content (AvgIpc) is 2.77. The molecule has 1 aliphatic rings. The highest BCUT2D eigenvalue weighted by atomic mass is 35.5. The topological polar surface area (TPSA) is 38.3 Å². The van der Waals surface area contributed by atoms with Crippen LogP contribution in [0.15, 0.2) is 24.3 Å². The van der Waals surface area contributed by atoms with Gasteiger partial charge < -0.3 is 10.1 Å². The van der Waals surface area contributed by atoms with E-state index in [0.717, 1.165) is 12.1 Å². The second-order valence-electron chi connectivity index (χ2n) is 3.95. The molecule has 2 rings (SSSR count). The number of ether oxygens (including phenoxy) is 1. The Kier molecular flexibility index (Phi) is 3.46. The smallest absolute Gasteiger partial charge is 0.310 e. The molecule has 0 amide bonds. The van der Waals surface area contributed by atoms with E-state index in [9.17, 15) is 4.79 Å². The molecule has 0 radical (unpaired) electrons. The van der Waals surface area contributed by atoms with Gasteiger partial charge in [0.1, 0.15) is 0 Å². The molecule has 1 N–H and O–H groups in total. The van der Waals surface area contributed by atoms with Crippen molar-refractivity contribution in [2.45, 2.75) is 5.92 Å². The Balaban J connectivity index is 2.23. The number of benzene rings is 1. The summed E-state index contributed by atoms with van der Waals surface area (Å²) in [6.45, 7) is 1.46. The summed E-state index contributed by atoms with van der Waals surface area (Å²) in [5.41, 5.74) is 1.09. The van der Waals surface area contributed by atoms with E-state index in [4.69, 9.17) is 16.3 Å². The van der Waals surface area contributed by atoms with E-state index >= 15 is 0 Å². The molecule has 4 heteroatoms. The van der Waals surface area contributed by atoms with E-state index in [0.29, 0.717) is 11.6 Å². The first kappa shape index (κ1) is 11.4. The Morgan fingerprint density at radius 2 is 2.31 bits per heavy atom. The number of halogens is 1. The summed E-state index contributed by atoms with van der Waals surface area (Å²) >= 11 is 5.95. The molecule has 2 atom stereocenters. The van der Waals surface area contributed by atoms with Gasteiger partial charge in [0.2, 0.25) is 0 Å². The fourth-order valence-electron chi connectivity index (χ4n) is 2.17. The minimum absolute atomic E-state index is 0.108. The zero-order chi connectivity index (χ0) is 11.5. The van der Waals surface area contributed by atoms with Crippen LogP contribution in [0.5, 0.6) is 0 Å². The molecule has 0 spiro atoms. The van der Waals surface area contributed by atoms with Crippen LogP contribution >= 0.6 is 11.6 Å². The number of esters is 1. The Hall–Kier alpha value is -1.06. The first-order valence-electron chi connectivity index (χ1n) is 5.26. The summed E-state index contributed by atoms with van der Waals surface area (Å²) in [5, 5.41) is 3.91. The molecule has 0 saturated carbocycles. The zero-order valence-corrected chi connectivity index (χ0v) is 9.83. The molecule has 1 aliphatic heterocycles. The van der Waals surface area contributed by atoms with Crippen LogP contribution in [0.25, 0.3) is 0 Å². The fraction of sp³-hybridized carbons (Fsp3) is 0.417. The molecule has 1 saturated heterocycles. The van der Waals surface area contributed by atoms with E-state index in [-0.39, 0.29) is 17.8 Å². The quantitative estimate of drug-likeness (QED) is 0.800. The number of hydrogen-bond acceptors (Lipinski definition) is 3. The molecule has 0 bridgehead atoms. The van der Waals surface area contributed by atoms with Crippen LogP contribution in [0.4, 0.5) is 0 Å². The molecule has 1 heterocycles. The van der Waals surface area contributed by atoms with Gasteiger partial charge in [0.25, 0.3) is 0 Å². The van der Waals surface area contributed by atoms with Crippen molar-refractivity contribution in [1.82, 2.24) is 5.32 Å². The summed E-state index contributed by atoms with van der Waals surface area (Å²) in [6.07, 6.45) is 0. The van der Waals surface area contributed by atoms with Gasteiger partial charge in [0.15, 0.2) is 0 Å². The molecular weight excluding hydrogens is 226 g/mol. The lowest BCUT2D eigenvalue weighted by molar-refractivity contribution is -0.145. The van der Waals surface area contributed by atoms with Gasteiger partial charge >= 0.3 is 5.97 Å². The predicted molar refractivity (Wildman–Crippen MR) is 62.6 cm³/mol. The van der Waals surface area contributed by atoms with E-state index in [1.54, 1.807) is 0 Å². The van der Waals surface area contributed by atoms with Gasteiger partial charge in [0.05, 0.1) is 13.0 Å². The maximum atomic E-state index is 11.6. The standard InChI is InChI=1S/C12H14ClNO2/c1-16-12(15)11-7-14-6-10(11)8-3-2-4-9(13)5-8/h2-5,10-11,14H,6-7H2,1H3/t10-,11-/m0/s1. The number of carbonyl (C=O) groups excluding carboxylic acids is 1. The van der Waals surface area contributed by atoms with E-state index < -0.39 is 0 Å². The van der Waals surface area contributed by atoms with Crippen molar-refractivity contribution < 1.29 is 9.53 Å². The molecule has 86 valence electrons. The van der Waals surface area contributed by atoms with Crippen molar-refractivity contribution in [3.63, 3.8) is 0 Å². The van der Waals surface area contributed by atoms with Crippen LogP contribution in [0, 0.1) is 5.92 Å². The Labute approximate surface area is 99.7 Å². The summed E-state index contributed by atoms with van der Waals surface area (Å²) in [7, 11) is 1.43. The van der Waals surface area contributed by atoms with Crippen LogP contribution in [0.3, 0.4) is 0 Å². The highest BCUT2D eigenvalue weighted by Crippen LogP contribution is 2.30. The van der Waals surface area contributed by atoms with E-state index in [2.05, 4.69) is 5.32 Å². The van der Waals surface area contributed by atoms with E-state index in [1.807, 2.05) is 24.3 Å². The first-order chi connectivity index (χ1) is 7.72. The average molecular weight is 240 g/mol. The number of rotatable bonds is 2. The lowest BCUT2D eigenvalue weighted by atomic mass is 9.89. The number of hydrogen-bond donors (Lipinski definition) is 1. The third-order valence-electron chi connectivity index (χ3n) is 2.99. The first-order valence-corrected chi connectivity index (χ1v) is 5.64. The van der Waals surface area contributed by atoms with Gasteiger partial charge in [0, 0.05) is 24.0 Å². The van der Waals surface area contributed by atoms with Crippen LogP contribution in [0.2, 0.25) is 5.02 Å². The number of nitrogens with one attached hydrogen (secondary N) is 1. The minimum Gasteiger partial charge on any atom is -0.469 e. The van der Waals surface area contributed by atoms with Crippen LogP contribution in [-0.4, -0.2) is 26.2 Å². The highest BCUT2D eigenvalue weighted by molar-refractivity contribution is 6.30. The van der Waals surface area contributed by atoms with Crippen molar-refractivity contribution in [1.29, 1.82) is 0 Å². The largest absolute Gasteiger partial charge is 0.469 e. The summed E-state index contributed by atoms with van der Waals surface area (Å²) in [5.74, 6) is -0.107. The lowest BCUT2D eigenvalue weighted by Crippen LogP contribution is -2.22. The number of methoxy groups -OCH3 is 1. The van der Waals surface area contributed by atoms with Crippen molar-refractivity contribution in [3.05, 3.63) is 34.9 Å².